The molecular weight excluding hydrogens is 318 g/mol. The Hall–Kier alpha value is -1.71. The first-order valence-corrected chi connectivity index (χ1v) is 9.16. The Balaban J connectivity index is 1.64. The van der Waals surface area contributed by atoms with Gasteiger partial charge in [0.25, 0.3) is 0 Å². The molecule has 1 aliphatic heterocycles. The number of benzene rings is 1. The van der Waals surface area contributed by atoms with Crippen molar-refractivity contribution in [1.29, 1.82) is 5.26 Å². The van der Waals surface area contributed by atoms with Gasteiger partial charge in [-0.1, -0.05) is 12.1 Å². The van der Waals surface area contributed by atoms with E-state index in [1.807, 2.05) is 29.5 Å². The topological polar surface area (TPSA) is 48.3 Å². The number of thiophene rings is 1. The fourth-order valence-electron chi connectivity index (χ4n) is 3.04. The molecule has 0 saturated carbocycles. The van der Waals surface area contributed by atoms with Crippen molar-refractivity contribution >= 4 is 11.3 Å². The smallest absolute Gasteiger partial charge is 0.0991 e. The molecule has 24 heavy (non-hydrogen) atoms. The van der Waals surface area contributed by atoms with Crippen LogP contribution in [0.2, 0.25) is 0 Å². The van der Waals surface area contributed by atoms with Crippen LogP contribution >= 0.6 is 11.3 Å². The van der Waals surface area contributed by atoms with E-state index in [9.17, 15) is 0 Å². The van der Waals surface area contributed by atoms with Gasteiger partial charge in [0.2, 0.25) is 0 Å². The van der Waals surface area contributed by atoms with Gasteiger partial charge in [-0.2, -0.15) is 5.26 Å². The van der Waals surface area contributed by atoms with Gasteiger partial charge in [-0.3, -0.25) is 4.90 Å². The molecular formula is C19H23N3OS. The van der Waals surface area contributed by atoms with Crippen LogP contribution in [-0.4, -0.2) is 37.7 Å². The number of nitrogens with one attached hydrogen (secondary N) is 1. The number of rotatable bonds is 6. The van der Waals surface area contributed by atoms with Crippen molar-refractivity contribution in [2.45, 2.75) is 19.5 Å². The van der Waals surface area contributed by atoms with Crippen molar-refractivity contribution < 1.29 is 4.74 Å². The second-order valence-electron chi connectivity index (χ2n) is 6.06. The average molecular weight is 341 g/mol. The summed E-state index contributed by atoms with van der Waals surface area (Å²) in [5, 5.41) is 12.6. The number of nitriles is 1. The van der Waals surface area contributed by atoms with Gasteiger partial charge in [-0.05, 0) is 36.8 Å². The van der Waals surface area contributed by atoms with E-state index in [1.165, 1.54) is 9.75 Å². The number of hydrogen-bond donors (Lipinski definition) is 1. The van der Waals surface area contributed by atoms with Crippen LogP contribution in [0.25, 0.3) is 0 Å². The first kappa shape index (κ1) is 17.1. The number of morpholine rings is 1. The van der Waals surface area contributed by atoms with E-state index >= 15 is 0 Å². The molecule has 2 aromatic rings. The van der Waals surface area contributed by atoms with Gasteiger partial charge in [-0.15, -0.1) is 11.3 Å². The predicted octanol–water partition coefficient (Wildman–Crippen LogP) is 3.09. The summed E-state index contributed by atoms with van der Waals surface area (Å²) in [6.45, 7) is 7.42. The van der Waals surface area contributed by atoms with E-state index in [2.05, 4.69) is 41.4 Å². The monoisotopic (exact) mass is 341 g/mol. The summed E-state index contributed by atoms with van der Waals surface area (Å²) in [5.74, 6) is 0. The molecule has 5 heteroatoms. The summed E-state index contributed by atoms with van der Waals surface area (Å²) in [5.41, 5.74) is 1.87. The van der Waals surface area contributed by atoms with E-state index in [0.29, 0.717) is 11.6 Å². The highest BCUT2D eigenvalue weighted by Gasteiger charge is 2.23. The minimum absolute atomic E-state index is 0.381. The molecule has 0 amide bonds. The maximum absolute atomic E-state index is 9.01. The maximum atomic E-state index is 9.01. The molecule has 0 aliphatic carbocycles. The van der Waals surface area contributed by atoms with Crippen LogP contribution in [0.1, 0.15) is 26.9 Å². The van der Waals surface area contributed by atoms with E-state index in [-0.39, 0.29) is 0 Å². The van der Waals surface area contributed by atoms with Crippen molar-refractivity contribution in [3.8, 4) is 6.07 Å². The maximum Gasteiger partial charge on any atom is 0.0991 e. The Morgan fingerprint density at radius 3 is 2.83 bits per heavy atom. The van der Waals surface area contributed by atoms with Gasteiger partial charge in [0.1, 0.15) is 0 Å². The van der Waals surface area contributed by atoms with Gasteiger partial charge >= 0.3 is 0 Å². The second kappa shape index (κ2) is 8.41. The largest absolute Gasteiger partial charge is 0.379 e. The van der Waals surface area contributed by atoms with Crippen LogP contribution in [-0.2, 0) is 11.3 Å². The number of ether oxygens (including phenoxy) is 1. The van der Waals surface area contributed by atoms with Crippen LogP contribution in [0.3, 0.4) is 0 Å². The number of hydrogen-bond acceptors (Lipinski definition) is 5. The third-order valence-electron chi connectivity index (χ3n) is 4.30. The Labute approximate surface area is 147 Å². The van der Waals surface area contributed by atoms with E-state index in [1.54, 1.807) is 0 Å². The lowest BCUT2D eigenvalue weighted by atomic mass is 10.1. The SMILES string of the molecule is Cc1ccc(C(CNCc2cccc(C#N)c2)N2CCOCC2)s1. The molecule has 1 aromatic heterocycles. The van der Waals surface area contributed by atoms with Gasteiger partial charge in [0, 0.05) is 35.9 Å². The summed E-state index contributed by atoms with van der Waals surface area (Å²) in [4.78, 5) is 5.27. The predicted molar refractivity (Wildman–Crippen MR) is 97.1 cm³/mol. The van der Waals surface area contributed by atoms with Crippen LogP contribution in [0.5, 0.6) is 0 Å². The minimum atomic E-state index is 0.381. The summed E-state index contributed by atoms with van der Waals surface area (Å²) in [7, 11) is 0. The highest BCUT2D eigenvalue weighted by molar-refractivity contribution is 7.12. The van der Waals surface area contributed by atoms with Crippen molar-refractivity contribution in [3.63, 3.8) is 0 Å². The molecule has 0 radical (unpaired) electrons. The van der Waals surface area contributed by atoms with E-state index in [4.69, 9.17) is 10.00 Å². The van der Waals surface area contributed by atoms with Crippen LogP contribution < -0.4 is 5.32 Å². The number of nitrogens with zero attached hydrogens (tertiary/aromatic N) is 2. The van der Waals surface area contributed by atoms with E-state index < -0.39 is 0 Å². The third kappa shape index (κ3) is 4.43. The van der Waals surface area contributed by atoms with Crippen LogP contribution in [0, 0.1) is 18.3 Å². The molecule has 2 heterocycles. The highest BCUT2D eigenvalue weighted by Crippen LogP contribution is 2.28. The minimum Gasteiger partial charge on any atom is -0.379 e. The lowest BCUT2D eigenvalue weighted by Crippen LogP contribution is -2.42. The van der Waals surface area contributed by atoms with Gasteiger partial charge < -0.3 is 10.1 Å². The van der Waals surface area contributed by atoms with Crippen molar-refractivity contribution in [1.82, 2.24) is 10.2 Å². The molecule has 1 fully saturated rings. The Morgan fingerprint density at radius 1 is 1.29 bits per heavy atom. The van der Waals surface area contributed by atoms with Crippen molar-refractivity contribution in [2.75, 3.05) is 32.8 Å². The molecule has 1 atom stereocenters. The molecule has 3 rings (SSSR count). The zero-order valence-electron chi connectivity index (χ0n) is 14.0. The number of aryl methyl sites for hydroxylation is 1. The third-order valence-corrected chi connectivity index (χ3v) is 5.40. The van der Waals surface area contributed by atoms with Gasteiger partial charge in [-0.25, -0.2) is 0 Å². The van der Waals surface area contributed by atoms with E-state index in [0.717, 1.165) is 45.0 Å². The highest BCUT2D eigenvalue weighted by atomic mass is 32.1. The normalized spacial score (nSPS) is 16.7. The molecule has 1 aromatic carbocycles. The zero-order chi connectivity index (χ0) is 16.8. The summed E-state index contributed by atoms with van der Waals surface area (Å²) in [6, 6.07) is 14.8. The first-order valence-electron chi connectivity index (χ1n) is 8.34. The fraction of sp³-hybridized carbons (Fsp3) is 0.421. The molecule has 4 nitrogen and oxygen atoms in total. The quantitative estimate of drug-likeness (QED) is 0.877. The van der Waals surface area contributed by atoms with Crippen molar-refractivity contribution in [3.05, 3.63) is 57.3 Å². The molecule has 1 saturated heterocycles. The fourth-order valence-corrected chi connectivity index (χ4v) is 4.05. The summed E-state index contributed by atoms with van der Waals surface area (Å²) >= 11 is 1.88. The van der Waals surface area contributed by atoms with Crippen LogP contribution in [0.4, 0.5) is 0 Å². The molecule has 1 unspecified atom stereocenters. The van der Waals surface area contributed by atoms with Crippen LogP contribution in [0.15, 0.2) is 36.4 Å². The Kier molecular flexibility index (Phi) is 6.00. The average Bonchev–Trinajstić information content (AvgIpc) is 3.05. The van der Waals surface area contributed by atoms with Gasteiger partial charge in [0.05, 0.1) is 30.9 Å². The lowest BCUT2D eigenvalue weighted by Gasteiger charge is -2.34. The molecule has 1 N–H and O–H groups in total. The Morgan fingerprint density at radius 2 is 2.12 bits per heavy atom. The van der Waals surface area contributed by atoms with Crippen molar-refractivity contribution in [2.24, 2.45) is 0 Å². The molecule has 1 aliphatic rings. The summed E-state index contributed by atoms with van der Waals surface area (Å²) < 4.78 is 5.50. The molecule has 126 valence electrons. The second-order valence-corrected chi connectivity index (χ2v) is 7.38. The van der Waals surface area contributed by atoms with Gasteiger partial charge in [0.15, 0.2) is 0 Å². The molecule has 0 bridgehead atoms. The lowest BCUT2D eigenvalue weighted by molar-refractivity contribution is 0.0168. The Bertz CT molecular complexity index is 701. The first-order chi connectivity index (χ1) is 11.8. The summed E-state index contributed by atoms with van der Waals surface area (Å²) in [6.07, 6.45) is 0. The zero-order valence-corrected chi connectivity index (χ0v) is 14.8. The molecule has 0 spiro atoms. The standard InChI is InChI=1S/C19H23N3OS/c1-15-5-6-19(24-15)18(22-7-9-23-10-8-22)14-21-13-17-4-2-3-16(11-17)12-20/h2-6,11,18,21H,7-10,13-14H2,1H3.